The van der Waals surface area contributed by atoms with Gasteiger partial charge in [0.2, 0.25) is 0 Å². The number of hydrogen-bond acceptors (Lipinski definition) is 5. The van der Waals surface area contributed by atoms with Gasteiger partial charge < -0.3 is 15.2 Å². The molecule has 0 aromatic rings. The predicted octanol–water partition coefficient (Wildman–Crippen LogP) is 1.35. The Kier molecular flexibility index (Phi) is 4.29. The number of nitrogens with one attached hydrogen (secondary N) is 1. The van der Waals surface area contributed by atoms with Crippen LogP contribution in [0.5, 0.6) is 0 Å². The second-order valence-corrected chi connectivity index (χ2v) is 7.99. The van der Waals surface area contributed by atoms with Gasteiger partial charge in [0.05, 0.1) is 16.9 Å². The fourth-order valence-electron chi connectivity index (χ4n) is 1.98. The van der Waals surface area contributed by atoms with E-state index in [1.54, 1.807) is 20.8 Å². The number of carbonyl (C=O) groups is 2. The lowest BCUT2D eigenvalue weighted by atomic mass is 9.84. The van der Waals surface area contributed by atoms with Crippen molar-refractivity contribution >= 4 is 22.7 Å². The summed E-state index contributed by atoms with van der Waals surface area (Å²) in [6.07, 6.45) is 4.40. The summed E-state index contributed by atoms with van der Waals surface area (Å²) in [4.78, 5) is 22.9. The van der Waals surface area contributed by atoms with Crippen LogP contribution in [-0.4, -0.2) is 49.4 Å². The van der Waals surface area contributed by atoms with Gasteiger partial charge in [-0.25, -0.2) is 9.59 Å². The Balaban J connectivity index is 2.84. The van der Waals surface area contributed by atoms with Crippen LogP contribution in [0.4, 0.5) is 4.79 Å². The van der Waals surface area contributed by atoms with Crippen LogP contribution in [0, 0.1) is 17.8 Å². The van der Waals surface area contributed by atoms with Crippen LogP contribution in [0.15, 0.2) is 0 Å². The average molecular weight is 305 g/mol. The predicted molar refractivity (Wildman–Crippen MR) is 74.6 cm³/mol. The standard InChI is InChI=1S/C12H19NO6S/c1-5-12(6-20(17,18)7-12)8(9(14)15)13-10(16)19-11(2,3)4/h1,8,17-18H,6-7H2,2-4H3,(H,13,16)(H,14,15)/t8-/m1/s1. The monoisotopic (exact) mass is 305 g/mol. The fraction of sp³-hybridized carbons (Fsp3) is 0.667. The average Bonchev–Trinajstić information content (AvgIpc) is 2.19. The van der Waals surface area contributed by atoms with Crippen LogP contribution in [-0.2, 0) is 9.53 Å². The molecule has 0 spiro atoms. The lowest BCUT2D eigenvalue weighted by molar-refractivity contribution is -0.141. The quantitative estimate of drug-likeness (QED) is 0.585. The molecule has 0 aliphatic carbocycles. The molecule has 1 aliphatic heterocycles. The SMILES string of the molecule is C#CC1([C@H](NC(=O)OC(C)(C)C)C(=O)O)CS(O)(O)C1. The first-order valence-corrected chi connectivity index (χ1v) is 7.73. The molecule has 1 aliphatic rings. The van der Waals surface area contributed by atoms with Gasteiger partial charge in [-0.1, -0.05) is 5.92 Å². The molecule has 1 heterocycles. The van der Waals surface area contributed by atoms with Crippen molar-refractivity contribution in [3.05, 3.63) is 0 Å². The molecule has 7 nitrogen and oxygen atoms in total. The zero-order valence-electron chi connectivity index (χ0n) is 11.5. The number of carbonyl (C=O) groups excluding carboxylic acids is 1. The van der Waals surface area contributed by atoms with E-state index in [0.717, 1.165) is 0 Å². The third-order valence-corrected chi connectivity index (χ3v) is 4.68. The van der Waals surface area contributed by atoms with E-state index in [9.17, 15) is 23.8 Å². The molecule has 1 amide bonds. The molecule has 8 heteroatoms. The van der Waals surface area contributed by atoms with Crippen molar-refractivity contribution in [1.82, 2.24) is 5.32 Å². The molecule has 4 N–H and O–H groups in total. The van der Waals surface area contributed by atoms with Gasteiger partial charge in [-0.05, 0) is 20.8 Å². The van der Waals surface area contributed by atoms with E-state index in [1.807, 2.05) is 0 Å². The van der Waals surface area contributed by atoms with E-state index in [2.05, 4.69) is 11.2 Å². The van der Waals surface area contributed by atoms with Crippen LogP contribution < -0.4 is 5.32 Å². The number of carboxylic acid groups (broad SMARTS) is 1. The Morgan fingerprint density at radius 3 is 2.20 bits per heavy atom. The number of hydrogen-bond donors (Lipinski definition) is 4. The van der Waals surface area contributed by atoms with Gasteiger partial charge in [0.15, 0.2) is 0 Å². The maximum Gasteiger partial charge on any atom is 0.408 e. The normalized spacial score (nSPS) is 22.6. The highest BCUT2D eigenvalue weighted by Crippen LogP contribution is 2.59. The van der Waals surface area contributed by atoms with Crippen molar-refractivity contribution < 1.29 is 28.5 Å². The van der Waals surface area contributed by atoms with Gasteiger partial charge in [-0.2, -0.15) is 10.6 Å². The first-order valence-electron chi connectivity index (χ1n) is 5.84. The summed E-state index contributed by atoms with van der Waals surface area (Å²) in [5.74, 6) is 0.433. The molecule has 0 unspecified atom stereocenters. The third-order valence-electron chi connectivity index (χ3n) is 2.73. The van der Waals surface area contributed by atoms with Crippen LogP contribution in [0.1, 0.15) is 20.8 Å². The van der Waals surface area contributed by atoms with Gasteiger partial charge in [-0.15, -0.1) is 6.42 Å². The second-order valence-electron chi connectivity index (χ2n) is 5.81. The molecule has 0 aromatic heterocycles. The Morgan fingerprint density at radius 1 is 1.40 bits per heavy atom. The fourth-order valence-corrected chi connectivity index (χ4v) is 4.04. The van der Waals surface area contributed by atoms with Gasteiger partial charge in [0, 0.05) is 0 Å². The summed E-state index contributed by atoms with van der Waals surface area (Å²) in [5, 5.41) is 11.4. The maximum absolute atomic E-state index is 11.7. The summed E-state index contributed by atoms with van der Waals surface area (Å²) in [6, 6.07) is -1.43. The van der Waals surface area contributed by atoms with Gasteiger partial charge in [-0.3, -0.25) is 9.11 Å². The molecule has 0 saturated carbocycles. The number of rotatable bonds is 3. The molecular formula is C12H19NO6S. The van der Waals surface area contributed by atoms with E-state index in [-0.39, 0.29) is 11.5 Å². The minimum Gasteiger partial charge on any atom is -0.480 e. The number of terminal acetylenes is 1. The van der Waals surface area contributed by atoms with E-state index >= 15 is 0 Å². The van der Waals surface area contributed by atoms with Crippen LogP contribution >= 0.6 is 10.6 Å². The topological polar surface area (TPSA) is 116 Å². The van der Waals surface area contributed by atoms with Gasteiger partial charge in [0.1, 0.15) is 11.6 Å². The van der Waals surface area contributed by atoms with Gasteiger partial charge in [0.25, 0.3) is 0 Å². The molecule has 1 atom stereocenters. The first-order chi connectivity index (χ1) is 8.91. The first kappa shape index (κ1) is 16.6. The van der Waals surface area contributed by atoms with Crippen molar-refractivity contribution in [2.75, 3.05) is 11.5 Å². The smallest absolute Gasteiger partial charge is 0.408 e. The van der Waals surface area contributed by atoms with Crippen molar-refractivity contribution in [3.8, 4) is 12.3 Å². The van der Waals surface area contributed by atoms with Crippen molar-refractivity contribution in [2.45, 2.75) is 32.4 Å². The van der Waals surface area contributed by atoms with Crippen molar-refractivity contribution in [3.63, 3.8) is 0 Å². The Labute approximate surface area is 119 Å². The van der Waals surface area contributed by atoms with Crippen LogP contribution in [0.25, 0.3) is 0 Å². The zero-order chi connectivity index (χ0) is 15.8. The maximum atomic E-state index is 11.7. The second kappa shape index (κ2) is 5.16. The Bertz CT molecular complexity index is 454. The van der Waals surface area contributed by atoms with E-state index < -0.39 is 39.7 Å². The Morgan fingerprint density at radius 2 is 1.90 bits per heavy atom. The highest BCUT2D eigenvalue weighted by molar-refractivity contribution is 8.25. The molecule has 0 bridgehead atoms. The number of alkyl carbamates (subject to hydrolysis) is 1. The van der Waals surface area contributed by atoms with Gasteiger partial charge >= 0.3 is 12.1 Å². The van der Waals surface area contributed by atoms with Crippen molar-refractivity contribution in [2.24, 2.45) is 5.41 Å². The van der Waals surface area contributed by atoms with E-state index in [1.165, 1.54) is 0 Å². The van der Waals surface area contributed by atoms with E-state index in [0.29, 0.717) is 0 Å². The lowest BCUT2D eigenvalue weighted by Crippen LogP contribution is -2.62. The highest BCUT2D eigenvalue weighted by Gasteiger charge is 2.56. The number of carboxylic acids is 1. The number of amides is 1. The third kappa shape index (κ3) is 3.79. The lowest BCUT2D eigenvalue weighted by Gasteiger charge is -2.55. The minimum absolute atomic E-state index is 0.247. The summed E-state index contributed by atoms with van der Waals surface area (Å²) in [7, 11) is -2.85. The summed E-state index contributed by atoms with van der Waals surface area (Å²) < 4.78 is 23.9. The largest absolute Gasteiger partial charge is 0.480 e. The van der Waals surface area contributed by atoms with E-state index in [4.69, 9.17) is 11.2 Å². The summed E-state index contributed by atoms with van der Waals surface area (Å²) >= 11 is 0. The molecule has 0 radical (unpaired) electrons. The molecule has 0 aromatic carbocycles. The molecule has 20 heavy (non-hydrogen) atoms. The highest BCUT2D eigenvalue weighted by atomic mass is 32.3. The minimum atomic E-state index is -2.85. The zero-order valence-corrected chi connectivity index (χ0v) is 12.4. The number of aliphatic carboxylic acids is 1. The number of ether oxygens (including phenoxy) is 1. The molecule has 1 fully saturated rings. The van der Waals surface area contributed by atoms with Crippen molar-refractivity contribution in [1.29, 1.82) is 0 Å². The van der Waals surface area contributed by atoms with Crippen LogP contribution in [0.2, 0.25) is 0 Å². The molecular weight excluding hydrogens is 286 g/mol. The Hall–Kier alpha value is -1.43. The summed E-state index contributed by atoms with van der Waals surface area (Å²) in [6.45, 7) is 4.91. The molecule has 1 rings (SSSR count). The molecule has 1 saturated heterocycles. The van der Waals surface area contributed by atoms with Crippen LogP contribution in [0.3, 0.4) is 0 Å². The summed E-state index contributed by atoms with van der Waals surface area (Å²) in [5.41, 5.74) is -2.08. The molecule has 114 valence electrons.